The lowest BCUT2D eigenvalue weighted by molar-refractivity contribution is -0.148. The topological polar surface area (TPSA) is 95.9 Å². The van der Waals surface area contributed by atoms with E-state index >= 15 is 0 Å². The van der Waals surface area contributed by atoms with E-state index < -0.39 is 18.2 Å². The zero-order valence-electron chi connectivity index (χ0n) is 37.6. The molecule has 1 amide bonds. The number of allylic oxidation sites excluding steroid dienone is 13. The van der Waals surface area contributed by atoms with E-state index in [4.69, 9.17) is 4.74 Å². The fourth-order valence-electron chi connectivity index (χ4n) is 6.61. The van der Waals surface area contributed by atoms with E-state index in [-0.39, 0.29) is 31.3 Å². The van der Waals surface area contributed by atoms with Gasteiger partial charge in [-0.3, -0.25) is 9.59 Å². The Hall–Kier alpha value is -2.96. The average molecular weight is 808 g/mol. The van der Waals surface area contributed by atoms with E-state index in [2.05, 4.69) is 99.0 Å². The molecule has 0 radical (unpaired) electrons. The van der Waals surface area contributed by atoms with Gasteiger partial charge in [0.05, 0.1) is 25.2 Å². The number of carbonyl (C=O) groups is 2. The molecule has 0 bridgehead atoms. The first-order chi connectivity index (χ1) is 28.5. The number of unbranched alkanes of at least 4 members (excludes halogenated alkanes) is 17. The van der Waals surface area contributed by atoms with Gasteiger partial charge in [0.15, 0.2) is 0 Å². The van der Waals surface area contributed by atoms with Crippen LogP contribution in [0.1, 0.15) is 207 Å². The maximum atomic E-state index is 13.1. The largest absolute Gasteiger partial charge is 0.458 e. The molecule has 0 spiro atoms. The fourth-order valence-corrected chi connectivity index (χ4v) is 6.61. The van der Waals surface area contributed by atoms with Gasteiger partial charge in [0, 0.05) is 6.42 Å². The minimum Gasteiger partial charge on any atom is -0.458 e. The van der Waals surface area contributed by atoms with Crippen molar-refractivity contribution in [3.63, 3.8) is 0 Å². The summed E-state index contributed by atoms with van der Waals surface area (Å²) in [7, 11) is 0. The number of hydrogen-bond acceptors (Lipinski definition) is 5. The van der Waals surface area contributed by atoms with E-state index in [1.807, 2.05) is 6.08 Å². The molecule has 0 saturated heterocycles. The minimum atomic E-state index is -0.822. The molecular formula is C52H89NO5. The Labute approximate surface area is 357 Å². The number of hydrogen-bond donors (Lipinski definition) is 3. The predicted octanol–water partition coefficient (Wildman–Crippen LogP) is 14.0. The highest BCUT2D eigenvalue weighted by Crippen LogP contribution is 2.15. The second-order valence-electron chi connectivity index (χ2n) is 15.8. The molecule has 0 saturated carbocycles. The Bertz CT molecular complexity index is 1130. The molecule has 0 aliphatic carbocycles. The molecule has 6 heteroatoms. The summed E-state index contributed by atoms with van der Waals surface area (Å²) in [5.41, 5.74) is 0. The summed E-state index contributed by atoms with van der Waals surface area (Å²) in [5.74, 6) is -0.680. The average Bonchev–Trinajstić information content (AvgIpc) is 3.22. The third kappa shape index (κ3) is 39.8. The lowest BCUT2D eigenvalue weighted by atomic mass is 10.0. The van der Waals surface area contributed by atoms with Crippen LogP contribution in [0.15, 0.2) is 85.1 Å². The summed E-state index contributed by atoms with van der Waals surface area (Å²) in [6.07, 6.45) is 58.2. The van der Waals surface area contributed by atoms with Gasteiger partial charge in [-0.15, -0.1) is 0 Å². The second-order valence-corrected chi connectivity index (χ2v) is 15.8. The summed E-state index contributed by atoms with van der Waals surface area (Å²) in [6.45, 7) is 6.29. The molecule has 0 aliphatic rings. The van der Waals surface area contributed by atoms with Crippen molar-refractivity contribution in [1.29, 1.82) is 0 Å². The van der Waals surface area contributed by atoms with Crippen LogP contribution in [0.5, 0.6) is 0 Å². The Kier molecular flexibility index (Phi) is 42.8. The highest BCUT2D eigenvalue weighted by molar-refractivity contribution is 5.78. The standard InChI is InChI=1S/C52H89NO5/c1-4-7-10-13-16-19-22-23-24-25-26-27-30-33-36-39-42-45-52(57)58-48(43-40-37-34-31-28-20-17-14-11-8-5-2)46-51(56)53-49(47-54)50(55)44-41-38-35-32-29-21-18-15-12-9-6-3/h7,10,16,19,23-24,26-27,31,33-34,36,40,43,48-50,54-55H,4-6,8-9,11-15,17-18,20-22,25,28-30,32,35,37-39,41-42,44-47H2,1-3H3,(H,53,56)/b10-7-,19-16-,24-23-,27-26-,34-31-,36-33-,43-40+. The number of aliphatic hydroxyl groups is 2. The van der Waals surface area contributed by atoms with Crippen molar-refractivity contribution in [2.24, 2.45) is 0 Å². The molecule has 332 valence electrons. The van der Waals surface area contributed by atoms with Crippen LogP contribution in [0.4, 0.5) is 0 Å². The minimum absolute atomic E-state index is 0.0554. The number of aliphatic hydroxyl groups excluding tert-OH is 2. The zero-order valence-corrected chi connectivity index (χ0v) is 37.6. The third-order valence-electron chi connectivity index (χ3n) is 10.2. The van der Waals surface area contributed by atoms with Gasteiger partial charge in [-0.1, -0.05) is 202 Å². The molecule has 0 fully saturated rings. The van der Waals surface area contributed by atoms with Crippen LogP contribution in [0, 0.1) is 0 Å². The van der Waals surface area contributed by atoms with Crippen LogP contribution in [-0.4, -0.2) is 46.9 Å². The van der Waals surface area contributed by atoms with Crippen LogP contribution in [0.25, 0.3) is 0 Å². The van der Waals surface area contributed by atoms with Crippen LogP contribution in [0.2, 0.25) is 0 Å². The molecule has 0 rings (SSSR count). The first kappa shape index (κ1) is 55.0. The van der Waals surface area contributed by atoms with Crippen molar-refractivity contribution in [3.8, 4) is 0 Å². The predicted molar refractivity (Wildman–Crippen MR) is 250 cm³/mol. The van der Waals surface area contributed by atoms with Crippen molar-refractivity contribution in [2.75, 3.05) is 6.61 Å². The Balaban J connectivity index is 4.76. The third-order valence-corrected chi connectivity index (χ3v) is 10.2. The molecular weight excluding hydrogens is 719 g/mol. The molecule has 58 heavy (non-hydrogen) atoms. The molecule has 6 nitrogen and oxygen atoms in total. The zero-order chi connectivity index (χ0) is 42.4. The smallest absolute Gasteiger partial charge is 0.306 e. The van der Waals surface area contributed by atoms with Crippen LogP contribution < -0.4 is 5.32 Å². The van der Waals surface area contributed by atoms with Gasteiger partial charge >= 0.3 is 5.97 Å². The summed E-state index contributed by atoms with van der Waals surface area (Å²) in [5, 5.41) is 23.6. The van der Waals surface area contributed by atoms with Gasteiger partial charge in [0.2, 0.25) is 5.91 Å². The normalized spacial score (nSPS) is 14.1. The van der Waals surface area contributed by atoms with Crippen LogP contribution in [-0.2, 0) is 14.3 Å². The second kappa shape index (κ2) is 45.1. The molecule has 0 aromatic rings. The molecule has 0 aromatic heterocycles. The van der Waals surface area contributed by atoms with Gasteiger partial charge in [-0.25, -0.2) is 0 Å². The first-order valence-electron chi connectivity index (χ1n) is 23.8. The lowest BCUT2D eigenvalue weighted by Gasteiger charge is -2.23. The molecule has 0 aromatic carbocycles. The highest BCUT2D eigenvalue weighted by Gasteiger charge is 2.23. The molecule has 3 N–H and O–H groups in total. The summed E-state index contributed by atoms with van der Waals surface area (Å²) >= 11 is 0. The van der Waals surface area contributed by atoms with Crippen LogP contribution in [0.3, 0.4) is 0 Å². The lowest BCUT2D eigenvalue weighted by Crippen LogP contribution is -2.46. The van der Waals surface area contributed by atoms with Crippen molar-refractivity contribution in [1.82, 2.24) is 5.32 Å². The van der Waals surface area contributed by atoms with Crippen molar-refractivity contribution in [2.45, 2.75) is 225 Å². The fraction of sp³-hybridized carbons (Fsp3) is 0.692. The maximum Gasteiger partial charge on any atom is 0.306 e. The Morgan fingerprint density at radius 2 is 0.966 bits per heavy atom. The summed E-state index contributed by atoms with van der Waals surface area (Å²) < 4.78 is 5.78. The van der Waals surface area contributed by atoms with Gasteiger partial charge < -0.3 is 20.3 Å². The molecule has 0 aliphatic heterocycles. The molecule has 3 atom stereocenters. The van der Waals surface area contributed by atoms with E-state index in [1.54, 1.807) is 6.08 Å². The maximum absolute atomic E-state index is 13.1. The number of amides is 1. The number of rotatable bonds is 41. The highest BCUT2D eigenvalue weighted by atomic mass is 16.5. The van der Waals surface area contributed by atoms with Gasteiger partial charge in [0.1, 0.15) is 6.10 Å². The Morgan fingerprint density at radius 1 is 0.534 bits per heavy atom. The molecule has 0 heterocycles. The van der Waals surface area contributed by atoms with E-state index in [0.717, 1.165) is 64.2 Å². The van der Waals surface area contributed by atoms with Crippen molar-refractivity contribution >= 4 is 11.9 Å². The SMILES string of the molecule is CC/C=C\C/C=C\C/C=C\C/C=C\C/C=C\CCCC(=O)OC(/C=C/C/C=C\CCCCCCCC)CC(=O)NC(CO)C(O)CCCCCCCCCCCCC. The number of carbonyl (C=O) groups excluding carboxylic acids is 2. The van der Waals surface area contributed by atoms with Crippen LogP contribution >= 0.6 is 0 Å². The van der Waals surface area contributed by atoms with Crippen molar-refractivity contribution in [3.05, 3.63) is 85.1 Å². The summed E-state index contributed by atoms with van der Waals surface area (Å²) in [4.78, 5) is 25.9. The van der Waals surface area contributed by atoms with E-state index in [9.17, 15) is 19.8 Å². The molecule has 3 unspecified atom stereocenters. The Morgan fingerprint density at radius 3 is 1.47 bits per heavy atom. The number of ether oxygens (including phenoxy) is 1. The van der Waals surface area contributed by atoms with Gasteiger partial charge in [-0.05, 0) is 76.7 Å². The first-order valence-corrected chi connectivity index (χ1v) is 23.8. The quantitative estimate of drug-likeness (QED) is 0.0325. The monoisotopic (exact) mass is 808 g/mol. The van der Waals surface area contributed by atoms with Gasteiger partial charge in [0.25, 0.3) is 0 Å². The van der Waals surface area contributed by atoms with E-state index in [1.165, 1.54) is 89.9 Å². The van der Waals surface area contributed by atoms with E-state index in [0.29, 0.717) is 19.3 Å². The summed E-state index contributed by atoms with van der Waals surface area (Å²) in [6, 6.07) is -0.746. The number of esters is 1. The van der Waals surface area contributed by atoms with Crippen molar-refractivity contribution < 1.29 is 24.5 Å². The van der Waals surface area contributed by atoms with Gasteiger partial charge in [-0.2, -0.15) is 0 Å². The number of nitrogens with one attached hydrogen (secondary N) is 1.